The number of ether oxygens (including phenoxy) is 1. The highest BCUT2D eigenvalue weighted by Gasteiger charge is 2.18. The Morgan fingerprint density at radius 2 is 2.25 bits per heavy atom. The van der Waals surface area contributed by atoms with Gasteiger partial charge in [0.15, 0.2) is 6.04 Å². The highest BCUT2D eigenvalue weighted by atomic mass is 35.5. The molecule has 90 valence electrons. The number of hydrogen-bond donors (Lipinski definition) is 2. The van der Waals surface area contributed by atoms with Gasteiger partial charge in [0.25, 0.3) is 0 Å². The molecule has 0 amide bonds. The summed E-state index contributed by atoms with van der Waals surface area (Å²) in [6.07, 6.45) is 0.0539. The molecule has 4 N–H and O–H groups in total. The van der Waals surface area contributed by atoms with E-state index in [4.69, 9.17) is 9.84 Å². The van der Waals surface area contributed by atoms with Crippen molar-refractivity contribution < 1.29 is 37.2 Å². The predicted octanol–water partition coefficient (Wildman–Crippen LogP) is -2.92. The summed E-state index contributed by atoms with van der Waals surface area (Å²) in [4.78, 5) is 10.6. The second-order valence-corrected chi connectivity index (χ2v) is 3.20. The van der Waals surface area contributed by atoms with Gasteiger partial charge in [0, 0.05) is 6.42 Å². The van der Waals surface area contributed by atoms with Crippen LogP contribution in [0.5, 0.6) is 5.75 Å². The molecular weight excluding hydrogens is 237 g/mol. The first kappa shape index (κ1) is 14.7. The van der Waals surface area contributed by atoms with Gasteiger partial charge in [-0.1, -0.05) is 0 Å². The molecule has 0 aliphatic rings. The van der Waals surface area contributed by atoms with Gasteiger partial charge in [-0.25, -0.2) is 9.18 Å². The molecule has 0 radical (unpaired) electrons. The van der Waals surface area contributed by atoms with Gasteiger partial charge in [-0.2, -0.15) is 0 Å². The quantitative estimate of drug-likeness (QED) is 0.600. The molecule has 0 aliphatic carbocycles. The Morgan fingerprint density at radius 3 is 2.75 bits per heavy atom. The summed E-state index contributed by atoms with van der Waals surface area (Å²) < 4.78 is 18.2. The summed E-state index contributed by atoms with van der Waals surface area (Å²) in [5.74, 6) is -0.980. The number of aliphatic carboxylic acids is 1. The Bertz CT molecular complexity index is 373. The second kappa shape index (κ2) is 6.30. The Kier molecular flexibility index (Phi) is 5.77. The van der Waals surface area contributed by atoms with Gasteiger partial charge < -0.3 is 28.0 Å². The number of methoxy groups -OCH3 is 1. The van der Waals surface area contributed by atoms with E-state index in [1.54, 1.807) is 0 Å². The Labute approximate surface area is 98.6 Å². The largest absolute Gasteiger partial charge is 1.00 e. The minimum atomic E-state index is -1.04. The van der Waals surface area contributed by atoms with E-state index in [9.17, 15) is 9.18 Å². The molecule has 0 heterocycles. The molecule has 0 aromatic heterocycles. The van der Waals surface area contributed by atoms with E-state index < -0.39 is 17.8 Å². The molecule has 1 atom stereocenters. The lowest BCUT2D eigenvalue weighted by Gasteiger charge is -2.07. The van der Waals surface area contributed by atoms with E-state index in [1.807, 2.05) is 0 Å². The summed E-state index contributed by atoms with van der Waals surface area (Å²) in [6, 6.07) is 3.36. The third kappa shape index (κ3) is 3.67. The van der Waals surface area contributed by atoms with E-state index in [0.717, 1.165) is 0 Å². The van der Waals surface area contributed by atoms with Crippen LogP contribution < -0.4 is 22.9 Å². The molecule has 1 aromatic carbocycles. The lowest BCUT2D eigenvalue weighted by molar-refractivity contribution is -0.407. The number of benzene rings is 1. The number of quaternary nitrogens is 1. The number of carbonyl (C=O) groups is 1. The van der Waals surface area contributed by atoms with Crippen LogP contribution in [0.3, 0.4) is 0 Å². The lowest BCUT2D eigenvalue weighted by Crippen LogP contribution is -3.00. The zero-order valence-electron chi connectivity index (χ0n) is 8.74. The number of hydrogen-bond acceptors (Lipinski definition) is 2. The fraction of sp³-hybridized carbons (Fsp3) is 0.300. The molecule has 16 heavy (non-hydrogen) atoms. The second-order valence-electron chi connectivity index (χ2n) is 3.20. The molecule has 0 fully saturated rings. The zero-order valence-corrected chi connectivity index (χ0v) is 9.50. The molecule has 1 unspecified atom stereocenters. The van der Waals surface area contributed by atoms with Crippen LogP contribution in [0, 0.1) is 5.82 Å². The summed E-state index contributed by atoms with van der Waals surface area (Å²) in [7, 11) is 1.47. The predicted molar refractivity (Wildman–Crippen MR) is 51.0 cm³/mol. The van der Waals surface area contributed by atoms with Crippen molar-refractivity contribution in [2.24, 2.45) is 0 Å². The van der Waals surface area contributed by atoms with Crippen LogP contribution >= 0.6 is 0 Å². The van der Waals surface area contributed by atoms with Crippen molar-refractivity contribution in [1.82, 2.24) is 0 Å². The molecule has 4 nitrogen and oxygen atoms in total. The number of rotatable bonds is 4. The molecule has 1 aromatic rings. The molecule has 1 rings (SSSR count). The zero-order chi connectivity index (χ0) is 11.4. The molecule has 0 bridgehead atoms. The van der Waals surface area contributed by atoms with Crippen LogP contribution in [0.15, 0.2) is 18.2 Å². The maximum atomic E-state index is 13.3. The summed E-state index contributed by atoms with van der Waals surface area (Å²) in [5.41, 5.74) is 3.72. The first-order chi connectivity index (χ1) is 7.04. The van der Waals surface area contributed by atoms with Crippen molar-refractivity contribution in [3.05, 3.63) is 29.6 Å². The third-order valence-corrected chi connectivity index (χ3v) is 2.07. The minimum absolute atomic E-state index is 0. The highest BCUT2D eigenvalue weighted by Crippen LogP contribution is 2.17. The number of halogens is 2. The SMILES string of the molecule is COc1ccc(F)c(CC([NH3+])C(=O)O)c1.[Cl-]. The van der Waals surface area contributed by atoms with Gasteiger partial charge in [-0.15, -0.1) is 0 Å². The van der Waals surface area contributed by atoms with Crippen molar-refractivity contribution in [3.63, 3.8) is 0 Å². The van der Waals surface area contributed by atoms with Gasteiger partial charge in [0.1, 0.15) is 11.6 Å². The normalized spacial score (nSPS) is 11.4. The molecular formula is C10H13ClFNO3. The summed E-state index contributed by atoms with van der Waals surface area (Å²) >= 11 is 0. The van der Waals surface area contributed by atoms with Gasteiger partial charge in [0.05, 0.1) is 7.11 Å². The molecule has 6 heteroatoms. The van der Waals surface area contributed by atoms with Crippen LogP contribution in [0.2, 0.25) is 0 Å². The fourth-order valence-electron chi connectivity index (χ4n) is 1.19. The van der Waals surface area contributed by atoms with Crippen LogP contribution in [0.25, 0.3) is 0 Å². The first-order valence-electron chi connectivity index (χ1n) is 4.43. The highest BCUT2D eigenvalue weighted by molar-refractivity contribution is 5.72. The Hall–Kier alpha value is -1.33. The number of carboxylic acids is 1. The van der Waals surface area contributed by atoms with Crippen LogP contribution in [-0.4, -0.2) is 24.2 Å². The van der Waals surface area contributed by atoms with Gasteiger partial charge in [-0.05, 0) is 23.8 Å². The van der Waals surface area contributed by atoms with Crippen molar-refractivity contribution in [3.8, 4) is 5.75 Å². The smallest absolute Gasteiger partial charge is 0.362 e. The van der Waals surface area contributed by atoms with E-state index in [1.165, 1.54) is 25.3 Å². The number of carboxylic acid groups (broad SMARTS) is 1. The topological polar surface area (TPSA) is 74.2 Å². The maximum absolute atomic E-state index is 13.3. The maximum Gasteiger partial charge on any atom is 0.362 e. The molecule has 0 saturated carbocycles. The van der Waals surface area contributed by atoms with Crippen LogP contribution in [-0.2, 0) is 11.2 Å². The van der Waals surface area contributed by atoms with Gasteiger partial charge in [-0.3, -0.25) is 0 Å². The summed E-state index contributed by atoms with van der Waals surface area (Å²) in [5, 5.41) is 8.64. The van der Waals surface area contributed by atoms with Crippen molar-refractivity contribution in [2.45, 2.75) is 12.5 Å². The fourth-order valence-corrected chi connectivity index (χ4v) is 1.19. The third-order valence-electron chi connectivity index (χ3n) is 2.07. The van der Waals surface area contributed by atoms with E-state index in [2.05, 4.69) is 5.73 Å². The van der Waals surface area contributed by atoms with Gasteiger partial charge >= 0.3 is 5.97 Å². The average Bonchev–Trinajstić information content (AvgIpc) is 2.21. The molecule has 0 spiro atoms. The van der Waals surface area contributed by atoms with Crippen LogP contribution in [0.4, 0.5) is 4.39 Å². The monoisotopic (exact) mass is 249 g/mol. The lowest BCUT2D eigenvalue weighted by atomic mass is 10.1. The van der Waals surface area contributed by atoms with E-state index in [0.29, 0.717) is 11.3 Å². The summed E-state index contributed by atoms with van der Waals surface area (Å²) in [6.45, 7) is 0. The van der Waals surface area contributed by atoms with E-state index >= 15 is 0 Å². The van der Waals surface area contributed by atoms with E-state index in [-0.39, 0.29) is 18.8 Å². The minimum Gasteiger partial charge on any atom is -1.00 e. The molecule has 0 aliphatic heterocycles. The van der Waals surface area contributed by atoms with Crippen molar-refractivity contribution >= 4 is 5.97 Å². The standard InChI is InChI=1S/C10H12FNO3.ClH/c1-15-7-2-3-8(11)6(4-7)5-9(12)10(13)14;/h2-4,9H,5,12H2,1H3,(H,13,14);1H. The molecule has 0 saturated heterocycles. The van der Waals surface area contributed by atoms with Gasteiger partial charge in [0.2, 0.25) is 0 Å². The Balaban J connectivity index is 0.00000225. The Morgan fingerprint density at radius 1 is 1.62 bits per heavy atom. The van der Waals surface area contributed by atoms with Crippen molar-refractivity contribution in [1.29, 1.82) is 0 Å². The average molecular weight is 250 g/mol. The van der Waals surface area contributed by atoms with Crippen molar-refractivity contribution in [2.75, 3.05) is 7.11 Å². The van der Waals surface area contributed by atoms with Crippen LogP contribution in [0.1, 0.15) is 5.56 Å². The first-order valence-corrected chi connectivity index (χ1v) is 4.43.